The number of carbonyl (C=O) groups excluding carboxylic acids is 2. The average Bonchev–Trinajstić information content (AvgIpc) is 3.07. The minimum absolute atomic E-state index is 0.106. The zero-order valence-corrected chi connectivity index (χ0v) is 23.3. The smallest absolute Gasteiger partial charge is 0.263 e. The first-order chi connectivity index (χ1) is 18.4. The van der Waals surface area contributed by atoms with Gasteiger partial charge in [-0.3, -0.25) is 9.59 Å². The lowest BCUT2D eigenvalue weighted by Gasteiger charge is -2.27. The number of rotatable bonds is 10. The van der Waals surface area contributed by atoms with Gasteiger partial charge in [0.2, 0.25) is 5.91 Å². The van der Waals surface area contributed by atoms with Crippen molar-refractivity contribution in [3.63, 3.8) is 0 Å². The van der Waals surface area contributed by atoms with E-state index in [0.717, 1.165) is 24.1 Å². The zero-order chi connectivity index (χ0) is 27.1. The highest BCUT2D eigenvalue weighted by atomic mass is 32.2. The van der Waals surface area contributed by atoms with Gasteiger partial charge in [0.1, 0.15) is 23.2 Å². The molecule has 0 N–H and O–H groups in total. The Morgan fingerprint density at radius 2 is 1.95 bits per heavy atom. The van der Waals surface area contributed by atoms with Crippen LogP contribution in [-0.4, -0.2) is 66.7 Å². The molecular formula is C29H35N5O3S. The van der Waals surface area contributed by atoms with Crippen LogP contribution in [-0.2, 0) is 4.79 Å². The van der Waals surface area contributed by atoms with Gasteiger partial charge in [-0.05, 0) is 30.4 Å². The molecule has 0 radical (unpaired) electrons. The second-order valence-corrected chi connectivity index (χ2v) is 10.1. The van der Waals surface area contributed by atoms with E-state index in [-0.39, 0.29) is 17.9 Å². The van der Waals surface area contributed by atoms with Crippen molar-refractivity contribution in [2.75, 3.05) is 49.8 Å². The van der Waals surface area contributed by atoms with E-state index < -0.39 is 0 Å². The highest BCUT2D eigenvalue weighted by Gasteiger charge is 2.28. The van der Waals surface area contributed by atoms with Crippen molar-refractivity contribution < 1.29 is 14.3 Å². The summed E-state index contributed by atoms with van der Waals surface area (Å²) in [5, 5.41) is 0.636. The van der Waals surface area contributed by atoms with Crippen LogP contribution in [0.3, 0.4) is 0 Å². The maximum Gasteiger partial charge on any atom is 0.263 e. The fourth-order valence-electron chi connectivity index (χ4n) is 4.38. The summed E-state index contributed by atoms with van der Waals surface area (Å²) in [5.41, 5.74) is 2.20. The molecule has 200 valence electrons. The fourth-order valence-corrected chi connectivity index (χ4v) is 4.72. The number of ether oxygens (including phenoxy) is 1. The van der Waals surface area contributed by atoms with E-state index in [2.05, 4.69) is 16.9 Å². The van der Waals surface area contributed by atoms with Gasteiger partial charge in [0.15, 0.2) is 5.16 Å². The topological polar surface area (TPSA) is 78.9 Å². The van der Waals surface area contributed by atoms with Crippen LogP contribution in [0.5, 0.6) is 5.75 Å². The number of thioether (sulfide) groups is 1. The van der Waals surface area contributed by atoms with E-state index in [4.69, 9.17) is 4.74 Å². The summed E-state index contributed by atoms with van der Waals surface area (Å²) in [6.45, 7) is 3.63. The van der Waals surface area contributed by atoms with Gasteiger partial charge >= 0.3 is 0 Å². The Labute approximate surface area is 229 Å². The molecule has 1 atom stereocenters. The number of hydrogen-bond acceptors (Lipinski definition) is 7. The van der Waals surface area contributed by atoms with Crippen molar-refractivity contribution in [1.82, 2.24) is 14.9 Å². The molecule has 1 aliphatic rings. The summed E-state index contributed by atoms with van der Waals surface area (Å²) >= 11 is 1.45. The van der Waals surface area contributed by atoms with Gasteiger partial charge in [-0.1, -0.05) is 61.5 Å². The second kappa shape index (κ2) is 12.8. The normalized spacial score (nSPS) is 14.1. The summed E-state index contributed by atoms with van der Waals surface area (Å²) in [6.07, 6.45) is 5.55. The SMILES string of the molecule is CCCCC(=O)N(C)CC(Oc1cccc(N2CCN(C)c3nc(SC)ncc3C2=O)c1)c1ccccc1. The van der Waals surface area contributed by atoms with E-state index in [1.54, 1.807) is 16.0 Å². The number of benzene rings is 2. The highest BCUT2D eigenvalue weighted by Crippen LogP contribution is 2.30. The van der Waals surface area contributed by atoms with Gasteiger partial charge in [-0.2, -0.15) is 0 Å². The van der Waals surface area contributed by atoms with Gasteiger partial charge in [-0.15, -0.1) is 0 Å². The third-order valence-electron chi connectivity index (χ3n) is 6.61. The van der Waals surface area contributed by atoms with E-state index >= 15 is 0 Å². The Bertz CT molecular complexity index is 1260. The standard InChI is InChI=1S/C29H35N5O3S/c1-5-6-15-26(35)33(3)20-25(21-11-8-7-9-12-21)37-23-14-10-13-22(18-23)34-17-16-32(2)27-24(28(34)36)19-30-29(31-27)38-4/h7-14,18-19,25H,5-6,15-17,20H2,1-4H3. The Morgan fingerprint density at radius 1 is 1.16 bits per heavy atom. The minimum atomic E-state index is -0.355. The monoisotopic (exact) mass is 533 g/mol. The molecule has 1 aliphatic heterocycles. The molecule has 0 bridgehead atoms. The van der Waals surface area contributed by atoms with Crippen LogP contribution >= 0.6 is 11.8 Å². The van der Waals surface area contributed by atoms with Crippen molar-refractivity contribution in [1.29, 1.82) is 0 Å². The molecule has 9 heteroatoms. The third-order valence-corrected chi connectivity index (χ3v) is 7.18. The number of carbonyl (C=O) groups is 2. The average molecular weight is 534 g/mol. The lowest BCUT2D eigenvalue weighted by Crippen LogP contribution is -2.34. The number of anilines is 2. The number of aromatic nitrogens is 2. The summed E-state index contributed by atoms with van der Waals surface area (Å²) in [5.74, 6) is 1.24. The predicted molar refractivity (Wildman–Crippen MR) is 152 cm³/mol. The van der Waals surface area contributed by atoms with Crippen molar-refractivity contribution in [2.45, 2.75) is 37.4 Å². The number of hydrogen-bond donors (Lipinski definition) is 0. The van der Waals surface area contributed by atoms with Gasteiger partial charge in [0.05, 0.1) is 6.54 Å². The summed E-state index contributed by atoms with van der Waals surface area (Å²) in [4.78, 5) is 40.6. The molecule has 4 rings (SSSR count). The van der Waals surface area contributed by atoms with Crippen LogP contribution in [0, 0.1) is 0 Å². The second-order valence-electron chi connectivity index (χ2n) is 9.36. The maximum atomic E-state index is 13.6. The molecule has 1 unspecified atom stereocenters. The van der Waals surface area contributed by atoms with Crippen molar-refractivity contribution >= 4 is 35.1 Å². The molecule has 3 aromatic rings. The van der Waals surface area contributed by atoms with Gasteiger partial charge in [0.25, 0.3) is 5.91 Å². The molecule has 8 nitrogen and oxygen atoms in total. The molecule has 38 heavy (non-hydrogen) atoms. The van der Waals surface area contributed by atoms with Gasteiger partial charge in [0, 0.05) is 51.6 Å². The van der Waals surface area contributed by atoms with E-state index in [1.807, 2.05) is 79.8 Å². The molecule has 0 aliphatic carbocycles. The molecule has 1 aromatic heterocycles. The summed E-state index contributed by atoms with van der Waals surface area (Å²) in [7, 11) is 3.76. The molecule has 2 amide bonds. The number of unbranched alkanes of at least 4 members (excludes halogenated alkanes) is 1. The predicted octanol–water partition coefficient (Wildman–Crippen LogP) is 5.06. The largest absolute Gasteiger partial charge is 0.484 e. The molecular weight excluding hydrogens is 498 g/mol. The Hall–Kier alpha value is -3.59. The lowest BCUT2D eigenvalue weighted by molar-refractivity contribution is -0.131. The Kier molecular flexibility index (Phi) is 9.23. The van der Waals surface area contributed by atoms with Gasteiger partial charge in [-0.25, -0.2) is 9.97 Å². The molecule has 2 heterocycles. The number of amides is 2. The Balaban J connectivity index is 1.58. The first kappa shape index (κ1) is 27.4. The molecule has 0 saturated heterocycles. The molecule has 0 fully saturated rings. The van der Waals surface area contributed by atoms with E-state index in [9.17, 15) is 9.59 Å². The van der Waals surface area contributed by atoms with Crippen molar-refractivity contribution in [3.8, 4) is 5.75 Å². The van der Waals surface area contributed by atoms with E-state index in [1.165, 1.54) is 11.8 Å². The van der Waals surface area contributed by atoms with Crippen LogP contribution in [0.25, 0.3) is 0 Å². The molecule has 0 spiro atoms. The third kappa shape index (κ3) is 6.45. The quantitative estimate of drug-likeness (QED) is 0.266. The van der Waals surface area contributed by atoms with Crippen molar-refractivity contribution in [3.05, 3.63) is 71.9 Å². The fraction of sp³-hybridized carbons (Fsp3) is 0.379. The van der Waals surface area contributed by atoms with Crippen LogP contribution in [0.15, 0.2) is 66.0 Å². The van der Waals surface area contributed by atoms with Crippen molar-refractivity contribution in [2.24, 2.45) is 0 Å². The number of likely N-dealkylation sites (N-methyl/N-ethyl adjacent to an activating group) is 2. The Morgan fingerprint density at radius 3 is 2.68 bits per heavy atom. The van der Waals surface area contributed by atoms with Crippen LogP contribution in [0.2, 0.25) is 0 Å². The minimum Gasteiger partial charge on any atom is -0.484 e. The zero-order valence-electron chi connectivity index (χ0n) is 22.5. The van der Waals surface area contributed by atoms with Crippen LogP contribution in [0.4, 0.5) is 11.5 Å². The highest BCUT2D eigenvalue weighted by molar-refractivity contribution is 7.98. The van der Waals surface area contributed by atoms with E-state index in [0.29, 0.717) is 48.3 Å². The van der Waals surface area contributed by atoms with Crippen LogP contribution < -0.4 is 14.5 Å². The summed E-state index contributed by atoms with van der Waals surface area (Å²) in [6, 6.07) is 17.5. The lowest BCUT2D eigenvalue weighted by atomic mass is 10.1. The van der Waals surface area contributed by atoms with Crippen LogP contribution in [0.1, 0.15) is 48.2 Å². The molecule has 2 aromatic carbocycles. The van der Waals surface area contributed by atoms with Gasteiger partial charge < -0.3 is 19.4 Å². The number of fused-ring (bicyclic) bond motifs is 1. The number of nitrogens with zero attached hydrogens (tertiary/aromatic N) is 5. The first-order valence-corrected chi connectivity index (χ1v) is 14.1. The molecule has 0 saturated carbocycles. The maximum absolute atomic E-state index is 13.6. The first-order valence-electron chi connectivity index (χ1n) is 12.9. The summed E-state index contributed by atoms with van der Waals surface area (Å²) < 4.78 is 6.47.